The maximum atomic E-state index is 13.3. The van der Waals surface area contributed by atoms with Crippen LogP contribution in [-0.2, 0) is 33.0 Å². The molecule has 4 rings (SSSR count). The molecular weight excluding hydrogens is 499 g/mol. The van der Waals surface area contributed by atoms with Crippen LogP contribution in [0.5, 0.6) is 0 Å². The van der Waals surface area contributed by atoms with Gasteiger partial charge in [0.15, 0.2) is 0 Å². The van der Waals surface area contributed by atoms with Gasteiger partial charge in [-0.1, -0.05) is 12.1 Å². The molecule has 2 N–H and O–H groups in total. The zero-order valence-electron chi connectivity index (χ0n) is 20.6. The third-order valence-electron chi connectivity index (χ3n) is 6.26. The minimum absolute atomic E-state index is 0.0830. The highest BCUT2D eigenvalue weighted by Crippen LogP contribution is 2.34. The van der Waals surface area contributed by atoms with Crippen LogP contribution >= 0.6 is 0 Å². The first-order chi connectivity index (χ1) is 17.6. The van der Waals surface area contributed by atoms with Crippen molar-refractivity contribution >= 4 is 21.8 Å². The van der Waals surface area contributed by atoms with Crippen LogP contribution < -0.4 is 10.0 Å². The van der Waals surface area contributed by atoms with Crippen molar-refractivity contribution in [3.8, 4) is 0 Å². The first-order valence-electron chi connectivity index (χ1n) is 11.9. The minimum Gasteiger partial charge on any atom is -0.373 e. The Morgan fingerprint density at radius 3 is 2.73 bits per heavy atom. The van der Waals surface area contributed by atoms with E-state index in [2.05, 4.69) is 15.1 Å². The van der Waals surface area contributed by atoms with Crippen LogP contribution in [-0.4, -0.2) is 43.2 Å². The maximum Gasteiger partial charge on any atom is 0.264 e. The van der Waals surface area contributed by atoms with E-state index in [0.717, 1.165) is 5.56 Å². The first-order valence-corrected chi connectivity index (χ1v) is 13.4. The molecule has 1 fully saturated rings. The van der Waals surface area contributed by atoms with Crippen molar-refractivity contribution < 1.29 is 27.1 Å². The summed E-state index contributed by atoms with van der Waals surface area (Å²) in [6.07, 6.45) is 4.38. The molecule has 0 spiro atoms. The second-order valence-corrected chi connectivity index (χ2v) is 10.7. The second kappa shape index (κ2) is 11.2. The molecule has 2 aromatic carbocycles. The van der Waals surface area contributed by atoms with Gasteiger partial charge >= 0.3 is 0 Å². The van der Waals surface area contributed by atoms with Crippen molar-refractivity contribution in [2.45, 2.75) is 37.2 Å². The topological polar surface area (TPSA) is 119 Å². The number of rotatable bonds is 9. The number of amides is 2. The standard InChI is InChI=1S/C26H29FN4O5S/c1-17-13-19(25(32)28-11-4-6-18-5-3-7-21(27)14-18)8-9-23(17)37(34,35)30-26(33)22-10-12-36-24(22)20-15-29-31(2)16-20/h3,5,7-9,13-16,22,24H,4,6,10-12H2,1-2H3,(H,28,32)(H,30,33)/t22-,24+/m1/s1. The molecule has 0 bridgehead atoms. The van der Waals surface area contributed by atoms with Gasteiger partial charge in [-0.05, 0) is 67.6 Å². The number of hydrogen-bond donors (Lipinski definition) is 2. The summed E-state index contributed by atoms with van der Waals surface area (Å²) in [7, 11) is -2.42. The number of nitrogens with one attached hydrogen (secondary N) is 2. The molecule has 0 aliphatic carbocycles. The van der Waals surface area contributed by atoms with E-state index in [0.29, 0.717) is 49.1 Å². The minimum atomic E-state index is -4.16. The smallest absolute Gasteiger partial charge is 0.264 e. The van der Waals surface area contributed by atoms with E-state index < -0.39 is 28.0 Å². The quantitative estimate of drug-likeness (QED) is 0.412. The first kappa shape index (κ1) is 26.5. The maximum absolute atomic E-state index is 13.3. The van der Waals surface area contributed by atoms with Gasteiger partial charge in [0.25, 0.3) is 15.9 Å². The summed E-state index contributed by atoms with van der Waals surface area (Å²) in [5.74, 6) is -1.96. The predicted molar refractivity (Wildman–Crippen MR) is 134 cm³/mol. The van der Waals surface area contributed by atoms with Gasteiger partial charge in [0.2, 0.25) is 5.91 Å². The summed E-state index contributed by atoms with van der Waals surface area (Å²) in [5.41, 5.74) is 2.19. The molecule has 0 unspecified atom stereocenters. The Morgan fingerprint density at radius 2 is 2.03 bits per heavy atom. The molecule has 1 aromatic heterocycles. The fourth-order valence-corrected chi connectivity index (χ4v) is 5.67. The van der Waals surface area contributed by atoms with E-state index in [4.69, 9.17) is 4.74 Å². The number of benzene rings is 2. The summed E-state index contributed by atoms with van der Waals surface area (Å²) >= 11 is 0. The van der Waals surface area contributed by atoms with Crippen LogP contribution in [0.15, 0.2) is 59.8 Å². The number of aromatic nitrogens is 2. The Hall–Kier alpha value is -3.57. The van der Waals surface area contributed by atoms with Gasteiger partial charge in [-0.3, -0.25) is 14.3 Å². The van der Waals surface area contributed by atoms with Crippen LogP contribution in [0, 0.1) is 18.7 Å². The molecule has 0 saturated carbocycles. The van der Waals surface area contributed by atoms with E-state index >= 15 is 0 Å². The van der Waals surface area contributed by atoms with Crippen molar-refractivity contribution in [3.05, 3.63) is 82.9 Å². The fraction of sp³-hybridized carbons (Fsp3) is 0.346. The van der Waals surface area contributed by atoms with Crippen LogP contribution in [0.3, 0.4) is 0 Å². The van der Waals surface area contributed by atoms with Gasteiger partial charge < -0.3 is 10.1 Å². The number of carbonyl (C=O) groups excluding carboxylic acids is 2. The molecule has 2 amide bonds. The highest BCUT2D eigenvalue weighted by Gasteiger charge is 2.38. The lowest BCUT2D eigenvalue weighted by Crippen LogP contribution is -2.37. The van der Waals surface area contributed by atoms with Gasteiger partial charge in [0, 0.05) is 37.5 Å². The number of ether oxygens (including phenoxy) is 1. The summed E-state index contributed by atoms with van der Waals surface area (Å²) in [6, 6.07) is 10.5. The normalized spacial score (nSPS) is 17.5. The average Bonchev–Trinajstić information content (AvgIpc) is 3.50. The van der Waals surface area contributed by atoms with E-state index in [1.807, 2.05) is 6.07 Å². The Labute approximate surface area is 215 Å². The molecule has 9 nitrogen and oxygen atoms in total. The molecule has 1 aliphatic heterocycles. The van der Waals surface area contributed by atoms with Crippen LogP contribution in [0.4, 0.5) is 4.39 Å². The molecule has 1 aliphatic rings. The van der Waals surface area contributed by atoms with Crippen LogP contribution in [0.25, 0.3) is 0 Å². The van der Waals surface area contributed by atoms with Crippen molar-refractivity contribution in [2.24, 2.45) is 13.0 Å². The third kappa shape index (κ3) is 6.41. The predicted octanol–water partition coefficient (Wildman–Crippen LogP) is 2.81. The third-order valence-corrected chi connectivity index (χ3v) is 7.77. The van der Waals surface area contributed by atoms with Gasteiger partial charge in [0.1, 0.15) is 5.82 Å². The van der Waals surface area contributed by atoms with Crippen molar-refractivity contribution in [3.63, 3.8) is 0 Å². The number of aryl methyl sites for hydroxylation is 3. The Kier molecular flexibility index (Phi) is 8.03. The van der Waals surface area contributed by atoms with Crippen molar-refractivity contribution in [2.75, 3.05) is 13.2 Å². The van der Waals surface area contributed by atoms with Crippen molar-refractivity contribution in [1.29, 1.82) is 0 Å². The van der Waals surface area contributed by atoms with E-state index in [9.17, 15) is 22.4 Å². The lowest BCUT2D eigenvalue weighted by Gasteiger charge is -2.17. The molecule has 3 aromatic rings. The number of halogens is 1. The van der Waals surface area contributed by atoms with Gasteiger partial charge in [-0.25, -0.2) is 17.5 Å². The van der Waals surface area contributed by atoms with Crippen LogP contribution in [0.1, 0.15) is 46.0 Å². The zero-order valence-corrected chi connectivity index (χ0v) is 21.4. The van der Waals surface area contributed by atoms with Gasteiger partial charge in [-0.2, -0.15) is 5.10 Å². The van der Waals surface area contributed by atoms with E-state index in [-0.39, 0.29) is 16.6 Å². The highest BCUT2D eigenvalue weighted by atomic mass is 32.2. The Bertz CT molecular complexity index is 1410. The highest BCUT2D eigenvalue weighted by molar-refractivity contribution is 7.90. The molecule has 2 heterocycles. The fourth-order valence-electron chi connectivity index (χ4n) is 4.42. The molecule has 37 heavy (non-hydrogen) atoms. The number of carbonyl (C=O) groups is 2. The average molecular weight is 529 g/mol. The SMILES string of the molecule is Cc1cc(C(=O)NCCCc2cccc(F)c2)ccc1S(=O)(=O)NC(=O)[C@@H]1CCO[C@H]1c1cnn(C)c1. The van der Waals surface area contributed by atoms with E-state index in [1.165, 1.54) is 30.3 Å². The lowest BCUT2D eigenvalue weighted by molar-refractivity contribution is -0.124. The summed E-state index contributed by atoms with van der Waals surface area (Å²) < 4.78 is 48.7. The lowest BCUT2D eigenvalue weighted by atomic mass is 9.97. The number of hydrogen-bond acceptors (Lipinski definition) is 6. The van der Waals surface area contributed by atoms with Crippen LogP contribution in [0.2, 0.25) is 0 Å². The Balaban J connectivity index is 1.35. The zero-order chi connectivity index (χ0) is 26.6. The molecule has 0 radical (unpaired) electrons. The monoisotopic (exact) mass is 528 g/mol. The number of sulfonamides is 1. The van der Waals surface area contributed by atoms with E-state index in [1.54, 1.807) is 37.1 Å². The molecule has 196 valence electrons. The summed E-state index contributed by atoms with van der Waals surface area (Å²) in [4.78, 5) is 25.4. The Morgan fingerprint density at radius 1 is 1.22 bits per heavy atom. The molecule has 11 heteroatoms. The summed E-state index contributed by atoms with van der Waals surface area (Å²) in [6.45, 7) is 2.28. The van der Waals surface area contributed by atoms with Crippen molar-refractivity contribution in [1.82, 2.24) is 19.8 Å². The number of nitrogens with zero attached hydrogens (tertiary/aromatic N) is 2. The van der Waals surface area contributed by atoms with Gasteiger partial charge in [-0.15, -0.1) is 0 Å². The second-order valence-electron chi connectivity index (χ2n) is 9.07. The summed E-state index contributed by atoms with van der Waals surface area (Å²) in [5, 5.41) is 6.88. The molecule has 2 atom stereocenters. The largest absolute Gasteiger partial charge is 0.373 e. The molecular formula is C26H29FN4O5S. The van der Waals surface area contributed by atoms with Gasteiger partial charge in [0.05, 0.1) is 23.1 Å². The molecule has 1 saturated heterocycles.